The zero-order chi connectivity index (χ0) is 11.7. The SMILES string of the molecule is NCc1ccc2cnc(-c3ccncc3)n2c1. The van der Waals surface area contributed by atoms with E-state index in [2.05, 4.69) is 14.4 Å². The average Bonchev–Trinajstić information content (AvgIpc) is 2.82. The fourth-order valence-corrected chi connectivity index (χ4v) is 1.87. The molecule has 3 aromatic heterocycles. The Morgan fingerprint density at radius 3 is 2.71 bits per heavy atom. The summed E-state index contributed by atoms with van der Waals surface area (Å²) >= 11 is 0. The number of nitrogens with zero attached hydrogens (tertiary/aromatic N) is 3. The monoisotopic (exact) mass is 224 g/mol. The summed E-state index contributed by atoms with van der Waals surface area (Å²) in [6, 6.07) is 7.95. The Morgan fingerprint density at radius 2 is 1.94 bits per heavy atom. The molecule has 0 unspecified atom stereocenters. The summed E-state index contributed by atoms with van der Waals surface area (Å²) in [4.78, 5) is 8.45. The van der Waals surface area contributed by atoms with Crippen molar-refractivity contribution in [3.63, 3.8) is 0 Å². The quantitative estimate of drug-likeness (QED) is 0.722. The van der Waals surface area contributed by atoms with E-state index in [9.17, 15) is 0 Å². The third kappa shape index (κ3) is 1.68. The van der Waals surface area contributed by atoms with Gasteiger partial charge >= 0.3 is 0 Å². The largest absolute Gasteiger partial charge is 0.326 e. The number of hydrogen-bond donors (Lipinski definition) is 1. The second-order valence-electron chi connectivity index (χ2n) is 3.85. The Bertz CT molecular complexity index is 643. The first kappa shape index (κ1) is 9.99. The van der Waals surface area contributed by atoms with Gasteiger partial charge in [0.05, 0.1) is 11.7 Å². The summed E-state index contributed by atoms with van der Waals surface area (Å²) in [6.45, 7) is 0.532. The van der Waals surface area contributed by atoms with Gasteiger partial charge in [-0.05, 0) is 23.8 Å². The molecule has 4 heteroatoms. The van der Waals surface area contributed by atoms with E-state index in [1.807, 2.05) is 36.7 Å². The highest BCUT2D eigenvalue weighted by atomic mass is 15.0. The van der Waals surface area contributed by atoms with Crippen LogP contribution in [0.3, 0.4) is 0 Å². The summed E-state index contributed by atoms with van der Waals surface area (Å²) in [6.07, 6.45) is 7.42. The van der Waals surface area contributed by atoms with Crippen LogP contribution >= 0.6 is 0 Å². The summed E-state index contributed by atoms with van der Waals surface area (Å²) in [5.41, 5.74) is 8.86. The maximum Gasteiger partial charge on any atom is 0.144 e. The van der Waals surface area contributed by atoms with Crippen molar-refractivity contribution in [1.82, 2.24) is 14.4 Å². The number of nitrogens with two attached hydrogens (primary N) is 1. The second-order valence-corrected chi connectivity index (χ2v) is 3.85. The maximum absolute atomic E-state index is 5.65. The van der Waals surface area contributed by atoms with Crippen LogP contribution in [0.5, 0.6) is 0 Å². The van der Waals surface area contributed by atoms with E-state index in [1.54, 1.807) is 12.4 Å². The van der Waals surface area contributed by atoms with Gasteiger partial charge in [-0.1, -0.05) is 6.07 Å². The molecule has 3 heterocycles. The molecular weight excluding hydrogens is 212 g/mol. The fraction of sp³-hybridized carbons (Fsp3) is 0.0769. The fourth-order valence-electron chi connectivity index (χ4n) is 1.87. The lowest BCUT2D eigenvalue weighted by molar-refractivity contribution is 1.03. The van der Waals surface area contributed by atoms with Gasteiger partial charge < -0.3 is 5.73 Å². The predicted octanol–water partition coefficient (Wildman–Crippen LogP) is 1.85. The van der Waals surface area contributed by atoms with Gasteiger partial charge in [-0.25, -0.2) is 4.98 Å². The molecule has 0 aromatic carbocycles. The molecule has 0 saturated heterocycles. The van der Waals surface area contributed by atoms with Gasteiger partial charge in [-0.15, -0.1) is 0 Å². The van der Waals surface area contributed by atoms with E-state index in [-0.39, 0.29) is 0 Å². The number of imidazole rings is 1. The molecule has 0 aliphatic carbocycles. The van der Waals surface area contributed by atoms with Crippen LogP contribution in [0.25, 0.3) is 16.9 Å². The third-order valence-corrected chi connectivity index (χ3v) is 2.76. The molecule has 0 saturated carbocycles. The third-order valence-electron chi connectivity index (χ3n) is 2.76. The molecule has 0 spiro atoms. The van der Waals surface area contributed by atoms with Crippen LogP contribution in [0.4, 0.5) is 0 Å². The molecule has 2 N–H and O–H groups in total. The van der Waals surface area contributed by atoms with Gasteiger partial charge in [-0.3, -0.25) is 9.38 Å². The Morgan fingerprint density at radius 1 is 1.12 bits per heavy atom. The Kier molecular flexibility index (Phi) is 2.34. The van der Waals surface area contributed by atoms with Gasteiger partial charge in [0.1, 0.15) is 5.82 Å². The highest BCUT2D eigenvalue weighted by molar-refractivity contribution is 5.62. The van der Waals surface area contributed by atoms with Gasteiger partial charge in [0.25, 0.3) is 0 Å². The number of fused-ring (bicyclic) bond motifs is 1. The molecule has 0 amide bonds. The van der Waals surface area contributed by atoms with Gasteiger partial charge in [0, 0.05) is 30.7 Å². The van der Waals surface area contributed by atoms with E-state index < -0.39 is 0 Å². The van der Waals surface area contributed by atoms with Crippen molar-refractivity contribution >= 4 is 5.52 Å². The lowest BCUT2D eigenvalue weighted by Crippen LogP contribution is -1.99. The van der Waals surface area contributed by atoms with Crippen molar-refractivity contribution in [2.45, 2.75) is 6.54 Å². The Labute approximate surface area is 98.8 Å². The van der Waals surface area contributed by atoms with Crippen LogP contribution in [-0.2, 0) is 6.54 Å². The van der Waals surface area contributed by atoms with E-state index in [1.165, 1.54) is 0 Å². The first-order chi connectivity index (χ1) is 8.38. The highest BCUT2D eigenvalue weighted by Gasteiger charge is 2.05. The number of rotatable bonds is 2. The molecule has 0 aliphatic heterocycles. The molecule has 3 aromatic rings. The summed E-state index contributed by atoms with van der Waals surface area (Å²) in [5, 5.41) is 0. The van der Waals surface area contributed by atoms with Gasteiger partial charge in [0.2, 0.25) is 0 Å². The zero-order valence-corrected chi connectivity index (χ0v) is 9.24. The molecule has 17 heavy (non-hydrogen) atoms. The zero-order valence-electron chi connectivity index (χ0n) is 9.24. The van der Waals surface area contributed by atoms with E-state index in [0.717, 1.165) is 22.5 Å². The highest BCUT2D eigenvalue weighted by Crippen LogP contribution is 2.19. The predicted molar refractivity (Wildman–Crippen MR) is 66.3 cm³/mol. The minimum atomic E-state index is 0.532. The normalized spacial score (nSPS) is 10.9. The van der Waals surface area contributed by atoms with E-state index >= 15 is 0 Å². The van der Waals surface area contributed by atoms with Gasteiger partial charge in [0.15, 0.2) is 0 Å². The minimum absolute atomic E-state index is 0.532. The first-order valence-electron chi connectivity index (χ1n) is 5.45. The van der Waals surface area contributed by atoms with Crippen LogP contribution in [-0.4, -0.2) is 14.4 Å². The van der Waals surface area contributed by atoms with Crippen molar-refractivity contribution in [2.24, 2.45) is 5.73 Å². The maximum atomic E-state index is 5.65. The number of pyridine rings is 2. The summed E-state index contributed by atoms with van der Waals surface area (Å²) < 4.78 is 2.05. The topological polar surface area (TPSA) is 56.2 Å². The average molecular weight is 224 g/mol. The van der Waals surface area contributed by atoms with Crippen LogP contribution < -0.4 is 5.73 Å². The molecule has 84 valence electrons. The van der Waals surface area contributed by atoms with Crippen molar-refractivity contribution in [3.05, 3.63) is 54.6 Å². The molecule has 0 atom stereocenters. The van der Waals surface area contributed by atoms with Crippen molar-refractivity contribution < 1.29 is 0 Å². The van der Waals surface area contributed by atoms with E-state index in [4.69, 9.17) is 5.73 Å². The standard InChI is InChI=1S/C13H12N4/c14-7-10-1-2-12-8-16-13(17(12)9-10)11-3-5-15-6-4-11/h1-6,8-9H,7,14H2. The van der Waals surface area contributed by atoms with Crippen LogP contribution in [0.15, 0.2) is 49.1 Å². The lowest BCUT2D eigenvalue weighted by atomic mass is 10.2. The number of aromatic nitrogens is 3. The first-order valence-corrected chi connectivity index (χ1v) is 5.45. The van der Waals surface area contributed by atoms with Crippen molar-refractivity contribution in [2.75, 3.05) is 0 Å². The van der Waals surface area contributed by atoms with Crippen LogP contribution in [0, 0.1) is 0 Å². The molecule has 0 fully saturated rings. The summed E-state index contributed by atoms with van der Waals surface area (Å²) in [5.74, 6) is 0.915. The molecule has 0 aliphatic rings. The molecular formula is C13H12N4. The van der Waals surface area contributed by atoms with Crippen LogP contribution in [0.2, 0.25) is 0 Å². The number of hydrogen-bond acceptors (Lipinski definition) is 3. The Balaban J connectivity index is 2.23. The molecule has 3 rings (SSSR count). The Hall–Kier alpha value is -2.20. The van der Waals surface area contributed by atoms with E-state index in [0.29, 0.717) is 6.54 Å². The smallest absolute Gasteiger partial charge is 0.144 e. The molecule has 0 bridgehead atoms. The molecule has 0 radical (unpaired) electrons. The second kappa shape index (κ2) is 3.99. The van der Waals surface area contributed by atoms with Crippen molar-refractivity contribution in [3.8, 4) is 11.4 Å². The lowest BCUT2D eigenvalue weighted by Gasteiger charge is -2.03. The van der Waals surface area contributed by atoms with Gasteiger partial charge in [-0.2, -0.15) is 0 Å². The molecule has 4 nitrogen and oxygen atoms in total. The minimum Gasteiger partial charge on any atom is -0.326 e. The van der Waals surface area contributed by atoms with Crippen LogP contribution in [0.1, 0.15) is 5.56 Å². The summed E-state index contributed by atoms with van der Waals surface area (Å²) in [7, 11) is 0. The van der Waals surface area contributed by atoms with Crippen molar-refractivity contribution in [1.29, 1.82) is 0 Å².